The first kappa shape index (κ1) is 15.3. The molecule has 0 spiro atoms. The molecule has 1 nitrogen and oxygen atoms in total. The fourth-order valence-corrected chi connectivity index (χ4v) is 3.18. The molecular formula is C14H21ClIN. The molecule has 0 saturated heterocycles. The van der Waals surface area contributed by atoms with Crippen LogP contribution >= 0.6 is 34.2 Å². The Hall–Kier alpha value is 0.200. The van der Waals surface area contributed by atoms with Crippen LogP contribution in [0.1, 0.15) is 45.2 Å². The van der Waals surface area contributed by atoms with Gasteiger partial charge in [0.15, 0.2) is 0 Å². The van der Waals surface area contributed by atoms with Crippen molar-refractivity contribution in [3.63, 3.8) is 0 Å². The molecule has 0 aliphatic heterocycles. The first-order valence-electron chi connectivity index (χ1n) is 6.10. The van der Waals surface area contributed by atoms with E-state index in [1.54, 1.807) is 0 Å². The Labute approximate surface area is 123 Å². The summed E-state index contributed by atoms with van der Waals surface area (Å²) in [6.45, 7) is 6.79. The molecule has 0 aliphatic carbocycles. The summed E-state index contributed by atoms with van der Waals surface area (Å²) in [5, 5.41) is 0.771. The third-order valence-electron chi connectivity index (χ3n) is 2.89. The molecule has 2 N–H and O–H groups in total. The maximum atomic E-state index is 6.28. The van der Waals surface area contributed by atoms with Crippen molar-refractivity contribution in [1.29, 1.82) is 0 Å². The smallest absolute Gasteiger partial charge is 0.0410 e. The SMILES string of the molecule is CC(C)CC(C)CC(N)c1cc(Cl)ccc1I. The van der Waals surface area contributed by atoms with Crippen molar-refractivity contribution in [2.75, 3.05) is 0 Å². The van der Waals surface area contributed by atoms with E-state index in [0.29, 0.717) is 5.92 Å². The van der Waals surface area contributed by atoms with Gasteiger partial charge in [-0.1, -0.05) is 32.4 Å². The summed E-state index contributed by atoms with van der Waals surface area (Å²) < 4.78 is 1.20. The van der Waals surface area contributed by atoms with Gasteiger partial charge in [-0.05, 0) is 71.0 Å². The van der Waals surface area contributed by atoms with Crippen molar-refractivity contribution in [3.8, 4) is 0 Å². The summed E-state index contributed by atoms with van der Waals surface area (Å²) >= 11 is 8.35. The quantitative estimate of drug-likeness (QED) is 0.729. The minimum absolute atomic E-state index is 0.0920. The first-order valence-corrected chi connectivity index (χ1v) is 7.56. The molecule has 2 atom stereocenters. The van der Waals surface area contributed by atoms with Crippen molar-refractivity contribution in [2.45, 2.75) is 39.7 Å². The van der Waals surface area contributed by atoms with Gasteiger partial charge in [0, 0.05) is 14.6 Å². The van der Waals surface area contributed by atoms with E-state index in [0.717, 1.165) is 17.4 Å². The standard InChI is InChI=1S/C14H21ClIN/c1-9(2)6-10(3)7-14(17)12-8-11(15)4-5-13(12)16/h4-5,8-10,14H,6-7,17H2,1-3H3. The Morgan fingerprint density at radius 2 is 1.88 bits per heavy atom. The van der Waals surface area contributed by atoms with Crippen LogP contribution in [0.15, 0.2) is 18.2 Å². The van der Waals surface area contributed by atoms with Crippen LogP contribution in [0.2, 0.25) is 5.02 Å². The summed E-state index contributed by atoms with van der Waals surface area (Å²) in [4.78, 5) is 0. The highest BCUT2D eigenvalue weighted by Gasteiger charge is 2.15. The molecule has 0 bridgehead atoms. The van der Waals surface area contributed by atoms with Crippen LogP contribution in [0.25, 0.3) is 0 Å². The monoisotopic (exact) mass is 365 g/mol. The third-order valence-corrected chi connectivity index (χ3v) is 4.11. The molecule has 2 unspecified atom stereocenters. The molecule has 0 heterocycles. The molecule has 0 aromatic heterocycles. The molecule has 0 fully saturated rings. The number of benzene rings is 1. The van der Waals surface area contributed by atoms with Crippen LogP contribution < -0.4 is 5.73 Å². The molecular weight excluding hydrogens is 345 g/mol. The molecule has 17 heavy (non-hydrogen) atoms. The summed E-state index contributed by atoms with van der Waals surface area (Å²) in [6.07, 6.45) is 2.25. The minimum Gasteiger partial charge on any atom is -0.324 e. The zero-order valence-electron chi connectivity index (χ0n) is 10.7. The average Bonchev–Trinajstić information content (AvgIpc) is 2.20. The van der Waals surface area contributed by atoms with Crippen LogP contribution in [0.5, 0.6) is 0 Å². The molecule has 0 saturated carbocycles. The van der Waals surface area contributed by atoms with Crippen LogP contribution in [0, 0.1) is 15.4 Å². The number of nitrogens with two attached hydrogens (primary N) is 1. The second-order valence-corrected chi connectivity index (χ2v) is 6.84. The number of halogens is 2. The summed E-state index contributed by atoms with van der Waals surface area (Å²) in [6, 6.07) is 6.03. The number of hydrogen-bond acceptors (Lipinski definition) is 1. The van der Waals surface area contributed by atoms with Crippen LogP contribution in [0.3, 0.4) is 0 Å². The molecule has 96 valence electrons. The van der Waals surface area contributed by atoms with Gasteiger partial charge in [-0.3, -0.25) is 0 Å². The largest absolute Gasteiger partial charge is 0.324 e. The van der Waals surface area contributed by atoms with Crippen molar-refractivity contribution in [3.05, 3.63) is 32.4 Å². The highest BCUT2D eigenvalue weighted by molar-refractivity contribution is 14.1. The van der Waals surface area contributed by atoms with E-state index < -0.39 is 0 Å². The Kier molecular flexibility index (Phi) is 6.24. The van der Waals surface area contributed by atoms with Gasteiger partial charge >= 0.3 is 0 Å². The van der Waals surface area contributed by atoms with Crippen LogP contribution in [0.4, 0.5) is 0 Å². The van der Waals surface area contributed by atoms with Crippen molar-refractivity contribution in [2.24, 2.45) is 17.6 Å². The highest BCUT2D eigenvalue weighted by atomic mass is 127. The molecule has 3 heteroatoms. The Balaban J connectivity index is 2.69. The molecule has 0 radical (unpaired) electrons. The maximum Gasteiger partial charge on any atom is 0.0410 e. The molecule has 0 amide bonds. The van der Waals surface area contributed by atoms with Crippen molar-refractivity contribution in [1.82, 2.24) is 0 Å². The summed E-state index contributed by atoms with van der Waals surface area (Å²) in [5.74, 6) is 1.38. The topological polar surface area (TPSA) is 26.0 Å². The van der Waals surface area contributed by atoms with E-state index >= 15 is 0 Å². The molecule has 1 rings (SSSR count). The van der Waals surface area contributed by atoms with Gasteiger partial charge in [-0.2, -0.15) is 0 Å². The second kappa shape index (κ2) is 6.95. The Morgan fingerprint density at radius 1 is 1.24 bits per heavy atom. The molecule has 1 aromatic rings. The lowest BCUT2D eigenvalue weighted by molar-refractivity contribution is 0.387. The lowest BCUT2D eigenvalue weighted by Crippen LogP contribution is -2.16. The Bertz CT molecular complexity index is 365. The van der Waals surface area contributed by atoms with Gasteiger partial charge in [-0.15, -0.1) is 0 Å². The normalized spacial score (nSPS) is 15.0. The van der Waals surface area contributed by atoms with Gasteiger partial charge < -0.3 is 5.73 Å². The fourth-order valence-electron chi connectivity index (χ4n) is 2.26. The molecule has 0 aliphatic rings. The van der Waals surface area contributed by atoms with Gasteiger partial charge in [0.25, 0.3) is 0 Å². The van der Waals surface area contributed by atoms with E-state index in [1.165, 1.54) is 15.6 Å². The highest BCUT2D eigenvalue weighted by Crippen LogP contribution is 2.28. The van der Waals surface area contributed by atoms with Crippen LogP contribution in [-0.2, 0) is 0 Å². The van der Waals surface area contributed by atoms with E-state index in [4.69, 9.17) is 17.3 Å². The van der Waals surface area contributed by atoms with Crippen molar-refractivity contribution < 1.29 is 0 Å². The maximum absolute atomic E-state index is 6.28. The lowest BCUT2D eigenvalue weighted by Gasteiger charge is -2.20. The van der Waals surface area contributed by atoms with Gasteiger partial charge in [0.1, 0.15) is 0 Å². The summed E-state index contributed by atoms with van der Waals surface area (Å²) in [5.41, 5.74) is 7.45. The van der Waals surface area contributed by atoms with Gasteiger partial charge in [-0.25, -0.2) is 0 Å². The zero-order valence-corrected chi connectivity index (χ0v) is 13.6. The zero-order chi connectivity index (χ0) is 13.0. The van der Waals surface area contributed by atoms with E-state index in [2.05, 4.69) is 43.4 Å². The second-order valence-electron chi connectivity index (χ2n) is 5.24. The third kappa shape index (κ3) is 5.14. The van der Waals surface area contributed by atoms with Gasteiger partial charge in [0.2, 0.25) is 0 Å². The van der Waals surface area contributed by atoms with E-state index in [-0.39, 0.29) is 6.04 Å². The molecule has 1 aromatic carbocycles. The van der Waals surface area contributed by atoms with E-state index in [1.807, 2.05) is 18.2 Å². The predicted octanol–water partition coefficient (Wildman–Crippen LogP) is 5.02. The lowest BCUT2D eigenvalue weighted by atomic mass is 9.90. The van der Waals surface area contributed by atoms with Crippen LogP contribution in [-0.4, -0.2) is 0 Å². The fraction of sp³-hybridized carbons (Fsp3) is 0.571. The Morgan fingerprint density at radius 3 is 2.47 bits per heavy atom. The predicted molar refractivity (Wildman–Crippen MR) is 84.3 cm³/mol. The first-order chi connectivity index (χ1) is 7.90. The van der Waals surface area contributed by atoms with E-state index in [9.17, 15) is 0 Å². The minimum atomic E-state index is 0.0920. The average molecular weight is 366 g/mol. The van der Waals surface area contributed by atoms with Gasteiger partial charge in [0.05, 0.1) is 0 Å². The van der Waals surface area contributed by atoms with Crippen molar-refractivity contribution >= 4 is 34.2 Å². The number of rotatable bonds is 5. The number of hydrogen-bond donors (Lipinski definition) is 1. The summed E-state index contributed by atoms with van der Waals surface area (Å²) in [7, 11) is 0.